The number of nitrogens with two attached hydrogens (primary N) is 1. The summed E-state index contributed by atoms with van der Waals surface area (Å²) in [5.74, 6) is -0.290. The average Bonchev–Trinajstić information content (AvgIpc) is 2.61. The minimum Gasteiger partial charge on any atom is -0.325 e. The third kappa shape index (κ3) is 3.22. The molecule has 1 aromatic carbocycles. The molecule has 0 fully saturated rings. The zero-order valence-electron chi connectivity index (χ0n) is 12.7. The number of anilines is 2. The molecule has 0 radical (unpaired) electrons. The van der Waals surface area contributed by atoms with Gasteiger partial charge in [0.1, 0.15) is 0 Å². The predicted molar refractivity (Wildman–Crippen MR) is 88.4 cm³/mol. The molecule has 0 unspecified atom stereocenters. The van der Waals surface area contributed by atoms with Crippen LogP contribution in [0.4, 0.5) is 11.4 Å². The molecule has 3 rings (SSSR count). The third-order valence-electron chi connectivity index (χ3n) is 3.82. The zero-order chi connectivity index (χ0) is 16.2. The highest BCUT2D eigenvalue weighted by Crippen LogP contribution is 2.30. The van der Waals surface area contributed by atoms with Gasteiger partial charge in [-0.2, -0.15) is 0 Å². The van der Waals surface area contributed by atoms with E-state index in [1.165, 1.54) is 0 Å². The molecular formula is C17H18N4O2. The number of nitrogens with one attached hydrogen (secondary N) is 1. The number of aromatic nitrogens is 1. The lowest BCUT2D eigenvalue weighted by Crippen LogP contribution is -2.35. The molecule has 0 atom stereocenters. The zero-order valence-corrected chi connectivity index (χ0v) is 12.7. The molecule has 23 heavy (non-hydrogen) atoms. The maximum Gasteiger partial charge on any atom is 0.259 e. The van der Waals surface area contributed by atoms with Crippen LogP contribution in [0.3, 0.4) is 0 Å². The Balaban J connectivity index is 1.88. The molecule has 0 saturated heterocycles. The molecule has 0 bridgehead atoms. The fourth-order valence-corrected chi connectivity index (χ4v) is 2.74. The molecular weight excluding hydrogens is 292 g/mol. The molecule has 1 aromatic heterocycles. The van der Waals surface area contributed by atoms with Crippen LogP contribution < -0.4 is 16.0 Å². The van der Waals surface area contributed by atoms with Crippen LogP contribution in [0.5, 0.6) is 0 Å². The van der Waals surface area contributed by atoms with E-state index in [1.54, 1.807) is 35.5 Å². The second-order valence-electron chi connectivity index (χ2n) is 5.40. The van der Waals surface area contributed by atoms with Gasteiger partial charge in [-0.05, 0) is 48.7 Å². The molecule has 1 aliphatic rings. The Labute approximate surface area is 134 Å². The first-order valence-corrected chi connectivity index (χ1v) is 7.54. The molecule has 2 heterocycles. The normalized spacial score (nSPS) is 13.3. The Hall–Kier alpha value is -2.73. The van der Waals surface area contributed by atoms with Gasteiger partial charge in [0.2, 0.25) is 5.91 Å². The van der Waals surface area contributed by atoms with E-state index in [-0.39, 0.29) is 18.4 Å². The molecule has 6 heteroatoms. The third-order valence-corrected chi connectivity index (χ3v) is 3.82. The van der Waals surface area contributed by atoms with Gasteiger partial charge in [-0.15, -0.1) is 0 Å². The maximum atomic E-state index is 12.7. The minimum atomic E-state index is -0.232. The molecule has 118 valence electrons. The number of nitrogens with zero attached hydrogens (tertiary/aromatic N) is 2. The van der Waals surface area contributed by atoms with Crippen LogP contribution in [-0.4, -0.2) is 29.9 Å². The van der Waals surface area contributed by atoms with Crippen LogP contribution in [-0.2, 0) is 11.2 Å². The summed E-state index contributed by atoms with van der Waals surface area (Å²) in [6.07, 6.45) is 4.98. The van der Waals surface area contributed by atoms with Crippen LogP contribution in [0.2, 0.25) is 0 Å². The van der Waals surface area contributed by atoms with E-state index in [9.17, 15) is 9.59 Å². The fraction of sp³-hybridized carbons (Fsp3) is 0.235. The molecule has 0 aliphatic carbocycles. The average molecular weight is 310 g/mol. The summed E-state index contributed by atoms with van der Waals surface area (Å²) in [7, 11) is 0. The lowest BCUT2D eigenvalue weighted by molar-refractivity contribution is -0.114. The standard InChI is InChI=1S/C17H18N4O2/c18-10-16(22)20-14-5-6-15-12(9-14)4-2-8-21(15)17(23)13-3-1-7-19-11-13/h1,3,5-7,9,11H,2,4,8,10,18H2,(H,20,22). The van der Waals surface area contributed by atoms with Gasteiger partial charge in [0, 0.05) is 30.3 Å². The van der Waals surface area contributed by atoms with Crippen LogP contribution in [0, 0.1) is 0 Å². The van der Waals surface area contributed by atoms with Crippen LogP contribution in [0.25, 0.3) is 0 Å². The van der Waals surface area contributed by atoms with Gasteiger partial charge in [-0.1, -0.05) is 0 Å². The van der Waals surface area contributed by atoms with Gasteiger partial charge in [0.05, 0.1) is 12.1 Å². The highest BCUT2D eigenvalue weighted by atomic mass is 16.2. The summed E-state index contributed by atoms with van der Waals surface area (Å²) in [4.78, 5) is 29.8. The van der Waals surface area contributed by atoms with Crippen molar-refractivity contribution in [3.63, 3.8) is 0 Å². The maximum absolute atomic E-state index is 12.7. The lowest BCUT2D eigenvalue weighted by Gasteiger charge is -2.30. The van der Waals surface area contributed by atoms with E-state index in [0.29, 0.717) is 17.8 Å². The smallest absolute Gasteiger partial charge is 0.259 e. The Morgan fingerprint density at radius 1 is 1.30 bits per heavy atom. The van der Waals surface area contributed by atoms with E-state index in [1.807, 2.05) is 12.1 Å². The van der Waals surface area contributed by atoms with Crippen molar-refractivity contribution in [1.29, 1.82) is 0 Å². The second kappa shape index (κ2) is 6.58. The van der Waals surface area contributed by atoms with Crippen molar-refractivity contribution in [2.75, 3.05) is 23.3 Å². The number of pyridine rings is 1. The second-order valence-corrected chi connectivity index (χ2v) is 5.40. The van der Waals surface area contributed by atoms with Crippen LogP contribution >= 0.6 is 0 Å². The largest absolute Gasteiger partial charge is 0.325 e. The van der Waals surface area contributed by atoms with Crippen molar-refractivity contribution in [3.8, 4) is 0 Å². The van der Waals surface area contributed by atoms with Crippen molar-refractivity contribution in [2.24, 2.45) is 5.73 Å². The quantitative estimate of drug-likeness (QED) is 0.900. The summed E-state index contributed by atoms with van der Waals surface area (Å²) >= 11 is 0. The van der Waals surface area contributed by atoms with Crippen molar-refractivity contribution < 1.29 is 9.59 Å². The SMILES string of the molecule is NCC(=O)Nc1ccc2c(c1)CCCN2C(=O)c1cccnc1. The molecule has 0 spiro atoms. The number of rotatable bonds is 3. The summed E-state index contributed by atoms with van der Waals surface area (Å²) in [5.41, 5.74) is 8.52. The fourth-order valence-electron chi connectivity index (χ4n) is 2.74. The van der Waals surface area contributed by atoms with E-state index in [2.05, 4.69) is 10.3 Å². The van der Waals surface area contributed by atoms with Gasteiger partial charge >= 0.3 is 0 Å². The van der Waals surface area contributed by atoms with Gasteiger partial charge in [-0.3, -0.25) is 14.6 Å². The monoisotopic (exact) mass is 310 g/mol. The van der Waals surface area contributed by atoms with Crippen molar-refractivity contribution >= 4 is 23.2 Å². The Bertz CT molecular complexity index is 731. The first-order valence-electron chi connectivity index (χ1n) is 7.54. The Kier molecular flexibility index (Phi) is 4.34. The number of benzene rings is 1. The van der Waals surface area contributed by atoms with Gasteiger partial charge in [-0.25, -0.2) is 0 Å². The van der Waals surface area contributed by atoms with Crippen LogP contribution in [0.1, 0.15) is 22.3 Å². The lowest BCUT2D eigenvalue weighted by atomic mass is 10.00. The number of hydrogen-bond donors (Lipinski definition) is 2. The van der Waals surface area contributed by atoms with E-state index < -0.39 is 0 Å². The summed E-state index contributed by atoms with van der Waals surface area (Å²) in [6, 6.07) is 9.09. The van der Waals surface area contributed by atoms with Gasteiger partial charge in [0.15, 0.2) is 0 Å². The number of carbonyl (C=O) groups is 2. The van der Waals surface area contributed by atoms with E-state index >= 15 is 0 Å². The highest BCUT2D eigenvalue weighted by Gasteiger charge is 2.24. The minimum absolute atomic E-state index is 0.0529. The van der Waals surface area contributed by atoms with Crippen LogP contribution in [0.15, 0.2) is 42.7 Å². The van der Waals surface area contributed by atoms with E-state index in [0.717, 1.165) is 24.1 Å². The Morgan fingerprint density at radius 3 is 2.91 bits per heavy atom. The molecule has 6 nitrogen and oxygen atoms in total. The van der Waals surface area contributed by atoms with E-state index in [4.69, 9.17) is 5.73 Å². The first-order chi connectivity index (χ1) is 11.2. The number of hydrogen-bond acceptors (Lipinski definition) is 4. The van der Waals surface area contributed by atoms with Crippen molar-refractivity contribution in [2.45, 2.75) is 12.8 Å². The van der Waals surface area contributed by atoms with Crippen molar-refractivity contribution in [3.05, 3.63) is 53.9 Å². The first kappa shape index (κ1) is 15.2. The molecule has 3 N–H and O–H groups in total. The predicted octanol–water partition coefficient (Wildman–Crippen LogP) is 1.57. The number of fused-ring (bicyclic) bond motifs is 1. The molecule has 2 aromatic rings. The molecule has 2 amide bonds. The summed E-state index contributed by atoms with van der Waals surface area (Å²) in [6.45, 7) is 0.623. The summed E-state index contributed by atoms with van der Waals surface area (Å²) in [5, 5.41) is 2.74. The van der Waals surface area contributed by atoms with Gasteiger partial charge in [0.25, 0.3) is 5.91 Å². The van der Waals surface area contributed by atoms with Gasteiger partial charge < -0.3 is 16.0 Å². The number of carbonyl (C=O) groups excluding carboxylic acids is 2. The molecule has 0 saturated carbocycles. The summed E-state index contributed by atoms with van der Waals surface area (Å²) < 4.78 is 0. The van der Waals surface area contributed by atoms with Crippen molar-refractivity contribution in [1.82, 2.24) is 4.98 Å². The number of aryl methyl sites for hydroxylation is 1. The molecule has 1 aliphatic heterocycles. The Morgan fingerprint density at radius 2 is 2.17 bits per heavy atom. The highest BCUT2D eigenvalue weighted by molar-refractivity contribution is 6.06. The topological polar surface area (TPSA) is 88.3 Å². The number of amides is 2.